The molecule has 1 N–H and O–H groups in total. The zero-order chi connectivity index (χ0) is 15.2. The van der Waals surface area contributed by atoms with Crippen LogP contribution in [-0.4, -0.2) is 29.2 Å². The van der Waals surface area contributed by atoms with Crippen LogP contribution in [0.15, 0.2) is 0 Å². The molecule has 21 heavy (non-hydrogen) atoms. The van der Waals surface area contributed by atoms with E-state index in [9.17, 15) is 5.11 Å². The van der Waals surface area contributed by atoms with Crippen LogP contribution in [0.3, 0.4) is 0 Å². The summed E-state index contributed by atoms with van der Waals surface area (Å²) in [6.07, 6.45) is 3.63. The summed E-state index contributed by atoms with van der Waals surface area (Å²) in [6.45, 7) is 11.8. The van der Waals surface area contributed by atoms with Crippen molar-refractivity contribution < 1.29 is 14.6 Å². The molecule has 4 fully saturated rings. The van der Waals surface area contributed by atoms with Gasteiger partial charge in [-0.3, -0.25) is 0 Å². The highest BCUT2D eigenvalue weighted by atomic mass is 16.7. The van der Waals surface area contributed by atoms with Crippen LogP contribution in [0.4, 0.5) is 0 Å². The summed E-state index contributed by atoms with van der Waals surface area (Å²) in [4.78, 5) is 0. The van der Waals surface area contributed by atoms with E-state index in [-0.39, 0.29) is 17.4 Å². The first-order chi connectivity index (χ1) is 9.78. The summed E-state index contributed by atoms with van der Waals surface area (Å²) in [5.41, 5.74) is -0.392. The molecule has 0 aromatic carbocycles. The third kappa shape index (κ3) is 1.46. The van der Waals surface area contributed by atoms with Crippen LogP contribution >= 0.6 is 0 Å². The van der Waals surface area contributed by atoms with E-state index < -0.39 is 11.4 Å². The fourth-order valence-electron chi connectivity index (χ4n) is 6.90. The van der Waals surface area contributed by atoms with Gasteiger partial charge in [-0.2, -0.15) is 0 Å². The molecule has 0 radical (unpaired) electrons. The second-order valence-corrected chi connectivity index (χ2v) is 8.77. The molecule has 1 unspecified atom stereocenters. The third-order valence-corrected chi connectivity index (χ3v) is 7.59. The molecule has 3 saturated carbocycles. The van der Waals surface area contributed by atoms with Crippen LogP contribution in [0.25, 0.3) is 0 Å². The van der Waals surface area contributed by atoms with Crippen molar-refractivity contribution in [2.45, 2.75) is 71.4 Å². The van der Waals surface area contributed by atoms with Crippen molar-refractivity contribution in [3.8, 4) is 0 Å². The average molecular weight is 294 g/mol. The Bertz CT molecular complexity index is 459. The molecule has 1 saturated heterocycles. The van der Waals surface area contributed by atoms with E-state index in [1.807, 2.05) is 13.8 Å². The van der Waals surface area contributed by atoms with Gasteiger partial charge in [-0.1, -0.05) is 20.8 Å². The van der Waals surface area contributed by atoms with E-state index in [4.69, 9.17) is 9.47 Å². The Balaban J connectivity index is 1.82. The highest BCUT2D eigenvalue weighted by Gasteiger charge is 2.82. The molecule has 120 valence electrons. The molecule has 8 atom stereocenters. The number of ether oxygens (including phenoxy) is 2. The molecular formula is C18H30O3. The quantitative estimate of drug-likeness (QED) is 0.868. The van der Waals surface area contributed by atoms with E-state index in [0.717, 1.165) is 6.42 Å². The van der Waals surface area contributed by atoms with Crippen molar-refractivity contribution in [2.24, 2.45) is 35.0 Å². The standard InChI is InChI=1S/C18H30O3/c1-6-20-18-9-12-16(4)8-7-11(10(2)3)14(21-18)13(16)15(18)17(12,5)19/h10-15,19H,6-9H2,1-5H3/t11-,12-,13-,14+,15+,16+,17?,18-/m0/s1. The SMILES string of the molecule is CCO[C@]12C[C@@H]3C(C)(O)[C@H]1[C@@H]1[C@H](O2)[C@H](C(C)C)CC[C@@]13C. The van der Waals surface area contributed by atoms with Crippen molar-refractivity contribution in [2.75, 3.05) is 6.61 Å². The fraction of sp³-hybridized carbons (Fsp3) is 1.00. The summed E-state index contributed by atoms with van der Waals surface area (Å²) in [6, 6.07) is 0. The van der Waals surface area contributed by atoms with Crippen LogP contribution in [-0.2, 0) is 9.47 Å². The fourth-order valence-corrected chi connectivity index (χ4v) is 6.90. The minimum Gasteiger partial charge on any atom is -0.389 e. The van der Waals surface area contributed by atoms with Gasteiger partial charge in [-0.25, -0.2) is 0 Å². The maximum Gasteiger partial charge on any atom is 0.174 e. The van der Waals surface area contributed by atoms with Gasteiger partial charge in [0.05, 0.1) is 11.7 Å². The minimum absolute atomic E-state index is 0.159. The summed E-state index contributed by atoms with van der Waals surface area (Å²) < 4.78 is 12.8. The van der Waals surface area contributed by atoms with Crippen LogP contribution in [0.1, 0.15) is 53.9 Å². The topological polar surface area (TPSA) is 38.7 Å². The van der Waals surface area contributed by atoms with E-state index in [1.54, 1.807) is 0 Å². The molecule has 2 bridgehead atoms. The maximum absolute atomic E-state index is 11.2. The van der Waals surface area contributed by atoms with Crippen molar-refractivity contribution in [1.82, 2.24) is 0 Å². The van der Waals surface area contributed by atoms with Crippen LogP contribution in [0.5, 0.6) is 0 Å². The lowest BCUT2D eigenvalue weighted by molar-refractivity contribution is -0.248. The van der Waals surface area contributed by atoms with Gasteiger partial charge in [0.2, 0.25) is 0 Å². The van der Waals surface area contributed by atoms with Crippen LogP contribution in [0.2, 0.25) is 0 Å². The molecule has 3 nitrogen and oxygen atoms in total. The van der Waals surface area contributed by atoms with E-state index >= 15 is 0 Å². The molecule has 3 aliphatic carbocycles. The summed E-state index contributed by atoms with van der Waals surface area (Å²) in [5.74, 6) is 1.70. The predicted molar refractivity (Wildman–Crippen MR) is 80.6 cm³/mol. The molecule has 4 aliphatic rings. The summed E-state index contributed by atoms with van der Waals surface area (Å²) in [7, 11) is 0. The summed E-state index contributed by atoms with van der Waals surface area (Å²) in [5, 5.41) is 11.2. The van der Waals surface area contributed by atoms with Gasteiger partial charge in [0, 0.05) is 24.9 Å². The Kier molecular flexibility index (Phi) is 2.78. The molecule has 4 rings (SSSR count). The zero-order valence-electron chi connectivity index (χ0n) is 14.1. The average Bonchev–Trinajstić information content (AvgIpc) is 2.87. The lowest BCUT2D eigenvalue weighted by Crippen LogP contribution is -2.47. The Morgan fingerprint density at radius 2 is 2.05 bits per heavy atom. The molecule has 3 heteroatoms. The third-order valence-electron chi connectivity index (χ3n) is 7.59. The van der Waals surface area contributed by atoms with E-state index in [1.165, 1.54) is 12.8 Å². The van der Waals surface area contributed by atoms with Gasteiger partial charge in [0.1, 0.15) is 0 Å². The largest absolute Gasteiger partial charge is 0.389 e. The van der Waals surface area contributed by atoms with Crippen LogP contribution < -0.4 is 0 Å². The molecule has 0 aromatic heterocycles. The van der Waals surface area contributed by atoms with Gasteiger partial charge in [-0.15, -0.1) is 0 Å². The Morgan fingerprint density at radius 1 is 1.33 bits per heavy atom. The number of fused-ring (bicyclic) bond motifs is 2. The highest BCUT2D eigenvalue weighted by Crippen LogP contribution is 2.77. The first-order valence-electron chi connectivity index (χ1n) is 8.82. The lowest BCUT2D eigenvalue weighted by atomic mass is 9.56. The molecule has 1 aliphatic heterocycles. The van der Waals surface area contributed by atoms with Gasteiger partial charge in [-0.05, 0) is 49.9 Å². The number of aliphatic hydroxyl groups is 1. The van der Waals surface area contributed by atoms with Gasteiger partial charge < -0.3 is 14.6 Å². The number of hydrogen-bond donors (Lipinski definition) is 1. The van der Waals surface area contributed by atoms with Crippen molar-refractivity contribution in [3.63, 3.8) is 0 Å². The van der Waals surface area contributed by atoms with Gasteiger partial charge in [0.25, 0.3) is 0 Å². The second kappa shape index (κ2) is 4.04. The minimum atomic E-state index is -0.630. The Labute approximate surface area is 128 Å². The normalized spacial score (nSPS) is 61.0. The predicted octanol–water partition coefficient (Wildman–Crippen LogP) is 3.21. The maximum atomic E-state index is 11.2. The monoisotopic (exact) mass is 294 g/mol. The molecule has 1 heterocycles. The lowest BCUT2D eigenvalue weighted by Gasteiger charge is -2.47. The summed E-state index contributed by atoms with van der Waals surface area (Å²) >= 11 is 0. The first kappa shape index (κ1) is 14.5. The Hall–Kier alpha value is -0.120. The van der Waals surface area contributed by atoms with E-state index in [2.05, 4.69) is 20.8 Å². The molecular weight excluding hydrogens is 264 g/mol. The van der Waals surface area contributed by atoms with Crippen molar-refractivity contribution in [1.29, 1.82) is 0 Å². The van der Waals surface area contributed by atoms with Gasteiger partial charge >= 0.3 is 0 Å². The van der Waals surface area contributed by atoms with Crippen molar-refractivity contribution in [3.05, 3.63) is 0 Å². The van der Waals surface area contributed by atoms with Crippen LogP contribution in [0, 0.1) is 35.0 Å². The molecule has 0 spiro atoms. The van der Waals surface area contributed by atoms with Gasteiger partial charge in [0.15, 0.2) is 5.79 Å². The Morgan fingerprint density at radius 3 is 2.67 bits per heavy atom. The number of hydrogen-bond acceptors (Lipinski definition) is 3. The molecule has 0 aromatic rings. The first-order valence-corrected chi connectivity index (χ1v) is 8.82. The number of rotatable bonds is 3. The van der Waals surface area contributed by atoms with E-state index in [0.29, 0.717) is 30.3 Å². The second-order valence-electron chi connectivity index (χ2n) is 8.77. The molecule has 0 amide bonds. The smallest absolute Gasteiger partial charge is 0.174 e. The zero-order valence-corrected chi connectivity index (χ0v) is 14.1. The van der Waals surface area contributed by atoms with Crippen molar-refractivity contribution >= 4 is 0 Å². The highest BCUT2D eigenvalue weighted by molar-refractivity contribution is 5.27.